The largest absolute Gasteiger partial charge is 0.494 e. The molecule has 2 rings (SSSR count). The number of hydrogen-bond donors (Lipinski definition) is 1. The summed E-state index contributed by atoms with van der Waals surface area (Å²) in [5.74, 6) is 0.512. The van der Waals surface area contributed by atoms with Gasteiger partial charge in [0.25, 0.3) is 0 Å². The Bertz CT molecular complexity index is 456. The lowest BCUT2D eigenvalue weighted by Crippen LogP contribution is -2.57. The van der Waals surface area contributed by atoms with E-state index in [0.717, 1.165) is 5.75 Å². The van der Waals surface area contributed by atoms with E-state index >= 15 is 0 Å². The molecular formula is C13H16N2O3. The summed E-state index contributed by atoms with van der Waals surface area (Å²) in [6.45, 7) is 4.27. The summed E-state index contributed by atoms with van der Waals surface area (Å²) in [6.07, 6.45) is 0. The maximum atomic E-state index is 11.8. The van der Waals surface area contributed by atoms with Crippen molar-refractivity contribution in [3.8, 4) is 5.75 Å². The van der Waals surface area contributed by atoms with Crippen molar-refractivity contribution < 1.29 is 14.3 Å². The Balaban J connectivity index is 2.23. The number of nitrogens with zero attached hydrogens (tertiary/aromatic N) is 1. The van der Waals surface area contributed by atoms with E-state index in [-0.39, 0.29) is 18.4 Å². The first kappa shape index (κ1) is 12.4. The fraction of sp³-hybridized carbons (Fsp3) is 0.385. The molecule has 0 aromatic heterocycles. The molecule has 0 saturated carbocycles. The van der Waals surface area contributed by atoms with Gasteiger partial charge in [0, 0.05) is 5.69 Å². The van der Waals surface area contributed by atoms with Crippen LogP contribution in [0.25, 0.3) is 0 Å². The molecule has 96 valence electrons. The molecule has 1 aliphatic heterocycles. The molecule has 1 heterocycles. The summed E-state index contributed by atoms with van der Waals surface area (Å²) in [5, 5.41) is 2.56. The van der Waals surface area contributed by atoms with Crippen molar-refractivity contribution in [3.63, 3.8) is 0 Å². The number of carbonyl (C=O) groups excluding carboxylic acids is 2. The Hall–Kier alpha value is -2.04. The molecule has 0 radical (unpaired) electrons. The van der Waals surface area contributed by atoms with Crippen LogP contribution in [0.15, 0.2) is 24.3 Å². The smallest absolute Gasteiger partial charge is 0.247 e. The number of carbonyl (C=O) groups is 2. The highest BCUT2D eigenvalue weighted by atomic mass is 16.5. The third kappa shape index (κ3) is 2.30. The van der Waals surface area contributed by atoms with E-state index in [0.29, 0.717) is 12.3 Å². The molecule has 1 N–H and O–H groups in total. The number of rotatable bonds is 3. The van der Waals surface area contributed by atoms with Crippen LogP contribution in [0.4, 0.5) is 5.69 Å². The molecular weight excluding hydrogens is 232 g/mol. The molecule has 1 unspecified atom stereocenters. The Morgan fingerprint density at radius 3 is 2.61 bits per heavy atom. The molecule has 1 aliphatic rings. The van der Waals surface area contributed by atoms with Crippen molar-refractivity contribution >= 4 is 17.5 Å². The van der Waals surface area contributed by atoms with Gasteiger partial charge in [0.2, 0.25) is 11.8 Å². The Kier molecular flexibility index (Phi) is 3.50. The predicted molar refractivity (Wildman–Crippen MR) is 67.6 cm³/mol. The summed E-state index contributed by atoms with van der Waals surface area (Å²) < 4.78 is 5.34. The van der Waals surface area contributed by atoms with Crippen LogP contribution in [0, 0.1) is 0 Å². The monoisotopic (exact) mass is 248 g/mol. The normalized spacial score (nSPS) is 19.7. The van der Waals surface area contributed by atoms with Gasteiger partial charge in [-0.25, -0.2) is 0 Å². The second kappa shape index (κ2) is 5.08. The number of anilines is 1. The quantitative estimate of drug-likeness (QED) is 0.866. The molecule has 18 heavy (non-hydrogen) atoms. The van der Waals surface area contributed by atoms with Crippen LogP contribution < -0.4 is 15.0 Å². The van der Waals surface area contributed by atoms with E-state index in [2.05, 4.69) is 5.32 Å². The Morgan fingerprint density at radius 2 is 2.00 bits per heavy atom. The molecule has 1 fully saturated rings. The second-order valence-electron chi connectivity index (χ2n) is 4.08. The maximum absolute atomic E-state index is 11.8. The Morgan fingerprint density at radius 1 is 1.33 bits per heavy atom. The van der Waals surface area contributed by atoms with Crippen LogP contribution in [-0.2, 0) is 9.59 Å². The summed E-state index contributed by atoms with van der Waals surface area (Å²) >= 11 is 0. The third-order valence-electron chi connectivity index (χ3n) is 2.88. The minimum absolute atomic E-state index is 0.0520. The first-order valence-electron chi connectivity index (χ1n) is 5.96. The molecule has 0 spiro atoms. The predicted octanol–water partition coefficient (Wildman–Crippen LogP) is 0.937. The molecule has 1 saturated heterocycles. The van der Waals surface area contributed by atoms with Gasteiger partial charge in [0.05, 0.1) is 13.2 Å². The van der Waals surface area contributed by atoms with Crippen LogP contribution in [0.5, 0.6) is 5.75 Å². The van der Waals surface area contributed by atoms with Gasteiger partial charge in [-0.05, 0) is 38.1 Å². The highest BCUT2D eigenvalue weighted by Crippen LogP contribution is 2.22. The average Bonchev–Trinajstić information content (AvgIpc) is 2.37. The number of benzene rings is 1. The van der Waals surface area contributed by atoms with E-state index in [1.165, 1.54) is 4.90 Å². The lowest BCUT2D eigenvalue weighted by Gasteiger charge is -2.32. The van der Waals surface area contributed by atoms with Gasteiger partial charge in [0.15, 0.2) is 0 Å². The minimum atomic E-state index is -0.482. The van der Waals surface area contributed by atoms with E-state index in [1.54, 1.807) is 31.2 Å². The summed E-state index contributed by atoms with van der Waals surface area (Å²) in [5.41, 5.74) is 0.714. The van der Waals surface area contributed by atoms with Gasteiger partial charge < -0.3 is 10.1 Å². The number of piperazine rings is 1. The molecule has 1 aromatic rings. The van der Waals surface area contributed by atoms with Gasteiger partial charge in [-0.15, -0.1) is 0 Å². The molecule has 1 aromatic carbocycles. The van der Waals surface area contributed by atoms with Crippen molar-refractivity contribution in [2.75, 3.05) is 18.1 Å². The van der Waals surface area contributed by atoms with Crippen molar-refractivity contribution in [2.45, 2.75) is 19.9 Å². The van der Waals surface area contributed by atoms with Gasteiger partial charge in [-0.1, -0.05) is 0 Å². The van der Waals surface area contributed by atoms with E-state index in [9.17, 15) is 9.59 Å². The van der Waals surface area contributed by atoms with Crippen LogP contribution in [0.3, 0.4) is 0 Å². The van der Waals surface area contributed by atoms with Crippen LogP contribution in [0.1, 0.15) is 13.8 Å². The van der Waals surface area contributed by atoms with E-state index in [4.69, 9.17) is 4.74 Å². The third-order valence-corrected chi connectivity index (χ3v) is 2.88. The van der Waals surface area contributed by atoms with Gasteiger partial charge in [-0.2, -0.15) is 0 Å². The molecule has 5 nitrogen and oxygen atoms in total. The first-order chi connectivity index (χ1) is 8.63. The Labute approximate surface area is 106 Å². The van der Waals surface area contributed by atoms with Gasteiger partial charge in [0.1, 0.15) is 11.8 Å². The lowest BCUT2D eigenvalue weighted by atomic mass is 10.1. The van der Waals surface area contributed by atoms with Crippen LogP contribution in [-0.4, -0.2) is 31.0 Å². The van der Waals surface area contributed by atoms with Crippen LogP contribution >= 0.6 is 0 Å². The number of ether oxygens (including phenoxy) is 1. The highest BCUT2D eigenvalue weighted by molar-refractivity contribution is 6.06. The first-order valence-corrected chi connectivity index (χ1v) is 5.96. The number of amides is 2. The minimum Gasteiger partial charge on any atom is -0.494 e. The molecule has 0 bridgehead atoms. The highest BCUT2D eigenvalue weighted by Gasteiger charge is 2.31. The standard InChI is InChI=1S/C13H16N2O3/c1-3-18-11-6-4-10(5-7-11)15-9(2)13(17)14-8-12(15)16/h4-7,9H,3,8H2,1-2H3,(H,14,17). The lowest BCUT2D eigenvalue weighted by molar-refractivity contribution is -0.130. The summed E-state index contributed by atoms with van der Waals surface area (Å²) in [7, 11) is 0. The number of nitrogens with one attached hydrogen (secondary N) is 1. The maximum Gasteiger partial charge on any atom is 0.247 e. The summed E-state index contributed by atoms with van der Waals surface area (Å²) in [6, 6.07) is 6.69. The molecule has 5 heteroatoms. The topological polar surface area (TPSA) is 58.6 Å². The van der Waals surface area contributed by atoms with E-state index < -0.39 is 6.04 Å². The average molecular weight is 248 g/mol. The number of hydrogen-bond acceptors (Lipinski definition) is 3. The molecule has 0 aliphatic carbocycles. The van der Waals surface area contributed by atoms with Gasteiger partial charge in [-0.3, -0.25) is 14.5 Å². The van der Waals surface area contributed by atoms with E-state index in [1.807, 2.05) is 6.92 Å². The zero-order valence-corrected chi connectivity index (χ0v) is 10.5. The zero-order valence-electron chi connectivity index (χ0n) is 10.5. The summed E-state index contributed by atoms with van der Waals surface area (Å²) in [4.78, 5) is 24.9. The second-order valence-corrected chi connectivity index (χ2v) is 4.08. The van der Waals surface area contributed by atoms with Crippen molar-refractivity contribution in [1.29, 1.82) is 0 Å². The zero-order chi connectivity index (χ0) is 13.1. The fourth-order valence-electron chi connectivity index (χ4n) is 1.97. The molecule has 1 atom stereocenters. The fourth-order valence-corrected chi connectivity index (χ4v) is 1.97. The van der Waals surface area contributed by atoms with Crippen molar-refractivity contribution in [2.24, 2.45) is 0 Å². The SMILES string of the molecule is CCOc1ccc(N2C(=O)CNC(=O)C2C)cc1. The molecule has 2 amide bonds. The van der Waals surface area contributed by atoms with Crippen LogP contribution in [0.2, 0.25) is 0 Å². The van der Waals surface area contributed by atoms with Gasteiger partial charge >= 0.3 is 0 Å². The van der Waals surface area contributed by atoms with Crippen molar-refractivity contribution in [3.05, 3.63) is 24.3 Å². The van der Waals surface area contributed by atoms with Crippen molar-refractivity contribution in [1.82, 2.24) is 5.32 Å².